The Morgan fingerprint density at radius 2 is 0.968 bits per heavy atom. The topological polar surface area (TPSA) is 168 Å². The van der Waals surface area contributed by atoms with Gasteiger partial charge in [0.1, 0.15) is 29.5 Å². The summed E-state index contributed by atoms with van der Waals surface area (Å²) in [6.07, 6.45) is 5.40. The van der Waals surface area contributed by atoms with E-state index >= 15 is 0 Å². The first-order chi connectivity index (χ1) is 30.7. The van der Waals surface area contributed by atoms with Crippen LogP contribution in [0.3, 0.4) is 0 Å². The molecule has 2 aliphatic rings. The molecule has 6 rings (SSSR count). The van der Waals surface area contributed by atoms with Gasteiger partial charge >= 0.3 is 29.8 Å². The van der Waals surface area contributed by atoms with Gasteiger partial charge in [0.15, 0.2) is 12.2 Å². The number of hydrogen-bond acceptors (Lipinski definition) is 14. The van der Waals surface area contributed by atoms with Crippen molar-refractivity contribution >= 4 is 35.9 Å². The number of ether oxygens (including phenoxy) is 9. The lowest BCUT2D eigenvalue weighted by atomic mass is 10.0. The minimum Gasteiger partial charge on any atom is -0.494 e. The first-order valence-corrected chi connectivity index (χ1v) is 20.5. The fraction of sp³-hybridized carbons (Fsp3) is 0.286. The molecule has 0 radical (unpaired) electrons. The molecule has 0 aromatic heterocycles. The predicted octanol–water partition coefficient (Wildman–Crippen LogP) is 7.30. The monoisotopic (exact) mass is 860 g/mol. The second kappa shape index (κ2) is 23.3. The van der Waals surface area contributed by atoms with Crippen LogP contribution in [-0.4, -0.2) is 93.9 Å². The Morgan fingerprint density at radius 3 is 1.49 bits per heavy atom. The molecule has 328 valence electrons. The van der Waals surface area contributed by atoms with Crippen molar-refractivity contribution in [2.45, 2.75) is 50.1 Å². The Kier molecular flexibility index (Phi) is 16.8. The van der Waals surface area contributed by atoms with E-state index in [4.69, 9.17) is 42.6 Å². The zero-order valence-electron chi connectivity index (χ0n) is 34.6. The first kappa shape index (κ1) is 45.5. The van der Waals surface area contributed by atoms with Crippen molar-refractivity contribution in [2.24, 2.45) is 0 Å². The molecule has 2 heterocycles. The second-order valence-corrected chi connectivity index (χ2v) is 14.3. The molecule has 0 spiro atoms. The molecule has 4 atom stereocenters. The van der Waals surface area contributed by atoms with Crippen LogP contribution in [0.2, 0.25) is 0 Å². The van der Waals surface area contributed by atoms with E-state index in [0.717, 1.165) is 41.0 Å². The summed E-state index contributed by atoms with van der Waals surface area (Å²) in [5.74, 6) is -1.11. The molecule has 63 heavy (non-hydrogen) atoms. The minimum absolute atomic E-state index is 0.0659. The maximum Gasteiger partial charge on any atom is 0.343 e. The maximum atomic E-state index is 13.0. The minimum atomic E-state index is -0.720. The van der Waals surface area contributed by atoms with Gasteiger partial charge in [-0.3, -0.25) is 0 Å². The molecule has 0 unspecified atom stereocenters. The van der Waals surface area contributed by atoms with E-state index in [1.165, 1.54) is 30.3 Å². The van der Waals surface area contributed by atoms with Crippen LogP contribution >= 0.6 is 0 Å². The van der Waals surface area contributed by atoms with Gasteiger partial charge in [0.25, 0.3) is 0 Å². The molecular weight excluding hydrogens is 813 g/mol. The Balaban J connectivity index is 0.884. The number of esters is 5. The summed E-state index contributed by atoms with van der Waals surface area (Å²) in [5, 5.41) is 0. The average molecular weight is 861 g/mol. The average Bonchev–Trinajstić information content (AvgIpc) is 3.91. The van der Waals surface area contributed by atoms with Crippen molar-refractivity contribution in [1.82, 2.24) is 0 Å². The molecule has 14 nitrogen and oxygen atoms in total. The van der Waals surface area contributed by atoms with Crippen LogP contribution in [0.15, 0.2) is 128 Å². The lowest BCUT2D eigenvalue weighted by Gasteiger charge is -2.17. The third-order valence-corrected chi connectivity index (χ3v) is 9.83. The van der Waals surface area contributed by atoms with Gasteiger partial charge in [-0.2, -0.15) is 0 Å². The van der Waals surface area contributed by atoms with E-state index in [-0.39, 0.29) is 31.1 Å². The summed E-state index contributed by atoms with van der Waals surface area (Å²) in [4.78, 5) is 60.7. The number of unbranched alkanes of at least 4 members (excludes halogenated alkanes) is 2. The van der Waals surface area contributed by atoms with Gasteiger partial charge in [-0.25, -0.2) is 24.0 Å². The smallest absolute Gasteiger partial charge is 0.343 e. The normalized spacial score (nSPS) is 17.5. The van der Waals surface area contributed by atoms with Gasteiger partial charge in [-0.1, -0.05) is 49.6 Å². The van der Waals surface area contributed by atoms with Crippen molar-refractivity contribution in [3.63, 3.8) is 0 Å². The number of fused-ring (bicyclic) bond motifs is 1. The molecule has 4 aromatic carbocycles. The summed E-state index contributed by atoms with van der Waals surface area (Å²) in [7, 11) is 0. The number of carbonyl (C=O) groups excluding carboxylic acids is 5. The highest BCUT2D eigenvalue weighted by atomic mass is 16.7. The molecule has 4 aromatic rings. The van der Waals surface area contributed by atoms with E-state index in [1.807, 2.05) is 48.5 Å². The van der Waals surface area contributed by atoms with Crippen molar-refractivity contribution in [3.8, 4) is 28.4 Å². The van der Waals surface area contributed by atoms with Gasteiger partial charge in [0.05, 0.1) is 50.8 Å². The number of hydrogen-bond donors (Lipinski definition) is 0. The van der Waals surface area contributed by atoms with Crippen molar-refractivity contribution in [2.75, 3.05) is 39.6 Å². The summed E-state index contributed by atoms with van der Waals surface area (Å²) < 4.78 is 49.9. The molecular formula is C49H48O14. The second-order valence-electron chi connectivity index (χ2n) is 14.3. The maximum absolute atomic E-state index is 13.0. The molecule has 0 N–H and O–H groups in total. The van der Waals surface area contributed by atoms with Gasteiger partial charge < -0.3 is 42.6 Å². The lowest BCUT2D eigenvalue weighted by Crippen LogP contribution is -2.35. The van der Waals surface area contributed by atoms with Crippen LogP contribution in [0.1, 0.15) is 52.0 Å². The van der Waals surface area contributed by atoms with Crippen LogP contribution in [0.5, 0.6) is 17.2 Å². The number of benzene rings is 4. The van der Waals surface area contributed by atoms with E-state index in [2.05, 4.69) is 13.2 Å². The standard InChI is InChI=1S/C49H48O14/c1-3-43(50)57-29-7-5-27-55-38-20-14-35(15-21-38)34-12-9-33(10-13-34)11-26-45(52)62-41-31-59-47-42(32-60-46(41)47)63-49(54)37-18-24-40(25-19-37)61-48(53)36-16-22-39(23-17-36)56-28-6-8-30-58-44(51)4-2/h3-4,9-26,41-42,46-47H,1-2,5-8,27-32H2/b26-11+/t41-,42+,46+,47+/m0/s1. The molecule has 0 saturated carbocycles. The Labute approximate surface area is 364 Å². The Bertz CT molecular complexity index is 2210. The fourth-order valence-electron chi connectivity index (χ4n) is 6.48. The van der Waals surface area contributed by atoms with Crippen LogP contribution in [0.4, 0.5) is 0 Å². The van der Waals surface area contributed by atoms with Gasteiger partial charge in [-0.15, -0.1) is 0 Å². The van der Waals surface area contributed by atoms with Crippen LogP contribution in [0, 0.1) is 0 Å². The molecule has 0 amide bonds. The zero-order valence-corrected chi connectivity index (χ0v) is 34.6. The van der Waals surface area contributed by atoms with E-state index in [9.17, 15) is 24.0 Å². The Hall–Kier alpha value is -7.03. The van der Waals surface area contributed by atoms with Gasteiger partial charge in [-0.05, 0) is 109 Å². The summed E-state index contributed by atoms with van der Waals surface area (Å²) in [5.41, 5.74) is 3.34. The molecule has 2 aliphatic heterocycles. The van der Waals surface area contributed by atoms with Crippen molar-refractivity contribution in [3.05, 3.63) is 145 Å². The fourth-order valence-corrected chi connectivity index (χ4v) is 6.48. The summed E-state index contributed by atoms with van der Waals surface area (Å²) in [6.45, 7) is 8.40. The molecule has 0 bridgehead atoms. The highest BCUT2D eigenvalue weighted by Gasteiger charge is 2.51. The SMILES string of the molecule is C=CC(=O)OCCCCOc1ccc(C(=O)Oc2ccc(C(=O)O[C@@H]3CO[C@H]4[C@@H]3OC[C@@H]4OC(=O)/C=C/c3ccc(-c4ccc(OCCCCOC(=O)C=C)cc4)cc3)cc2)cc1. The molecule has 2 saturated heterocycles. The van der Waals surface area contributed by atoms with Crippen molar-refractivity contribution < 1.29 is 66.6 Å². The van der Waals surface area contributed by atoms with Crippen molar-refractivity contribution in [1.29, 1.82) is 0 Å². The lowest BCUT2D eigenvalue weighted by molar-refractivity contribution is -0.147. The highest BCUT2D eigenvalue weighted by Crippen LogP contribution is 2.32. The zero-order chi connectivity index (χ0) is 44.4. The number of rotatable bonds is 22. The molecule has 14 heteroatoms. The molecule has 0 aliphatic carbocycles. The van der Waals surface area contributed by atoms with Gasteiger partial charge in [0.2, 0.25) is 0 Å². The third kappa shape index (κ3) is 13.7. The predicted molar refractivity (Wildman–Crippen MR) is 229 cm³/mol. The first-order valence-electron chi connectivity index (χ1n) is 20.5. The Morgan fingerprint density at radius 1 is 0.524 bits per heavy atom. The van der Waals surface area contributed by atoms with Crippen LogP contribution in [-0.2, 0) is 42.8 Å². The highest BCUT2D eigenvalue weighted by molar-refractivity contribution is 5.92. The van der Waals surface area contributed by atoms with Crippen LogP contribution in [0.25, 0.3) is 17.2 Å². The summed E-state index contributed by atoms with van der Waals surface area (Å²) in [6, 6.07) is 27.9. The van der Waals surface area contributed by atoms with Gasteiger partial charge in [0, 0.05) is 18.2 Å². The third-order valence-electron chi connectivity index (χ3n) is 9.83. The van der Waals surface area contributed by atoms with E-state index in [0.29, 0.717) is 50.4 Å². The largest absolute Gasteiger partial charge is 0.494 e. The van der Waals surface area contributed by atoms with E-state index < -0.39 is 54.3 Å². The van der Waals surface area contributed by atoms with Crippen LogP contribution < -0.4 is 14.2 Å². The number of carbonyl (C=O) groups is 5. The summed E-state index contributed by atoms with van der Waals surface area (Å²) >= 11 is 0. The van der Waals surface area contributed by atoms with E-state index in [1.54, 1.807) is 30.3 Å². The quantitative estimate of drug-likeness (QED) is 0.0254. The molecule has 2 fully saturated rings.